The lowest BCUT2D eigenvalue weighted by Crippen LogP contribution is -2.05. The maximum atomic E-state index is 10.9. The van der Waals surface area contributed by atoms with Gasteiger partial charge in [0.15, 0.2) is 0 Å². The lowest BCUT2D eigenvalue weighted by molar-refractivity contribution is -0.385. The molecular weight excluding hydrogens is 200 g/mol. The number of nitro groups is 1. The first-order valence-corrected chi connectivity index (χ1v) is 4.22. The summed E-state index contributed by atoms with van der Waals surface area (Å²) in [5.41, 5.74) is -0.0298. The van der Waals surface area contributed by atoms with E-state index in [4.69, 9.17) is 4.74 Å². The molecule has 0 aliphatic rings. The average Bonchev–Trinajstić information content (AvgIpc) is 2.16. The molecule has 0 radical (unpaired) electrons. The summed E-state index contributed by atoms with van der Waals surface area (Å²) in [5.74, 6) is 0.0794. The predicted molar refractivity (Wildman–Crippen MR) is 51.8 cm³/mol. The normalized spacial score (nSPS) is 9.73. The Morgan fingerprint density at radius 3 is 2.73 bits per heavy atom. The van der Waals surface area contributed by atoms with E-state index in [-0.39, 0.29) is 29.5 Å². The SMILES string of the molecule is COc1ccc([N+](=O)[O-])c(CC(C)=O)n1. The van der Waals surface area contributed by atoms with Gasteiger partial charge < -0.3 is 4.74 Å². The molecular formula is C9H10N2O4. The van der Waals surface area contributed by atoms with E-state index in [1.54, 1.807) is 0 Å². The van der Waals surface area contributed by atoms with Crippen molar-refractivity contribution >= 4 is 11.5 Å². The molecule has 0 N–H and O–H groups in total. The summed E-state index contributed by atoms with van der Waals surface area (Å²) in [4.78, 5) is 24.8. The number of nitrogens with zero attached hydrogens (tertiary/aromatic N) is 2. The Hall–Kier alpha value is -1.98. The zero-order valence-corrected chi connectivity index (χ0v) is 8.39. The molecule has 0 bridgehead atoms. The summed E-state index contributed by atoms with van der Waals surface area (Å²) in [6, 6.07) is 2.67. The third-order valence-electron chi connectivity index (χ3n) is 1.75. The molecule has 0 spiro atoms. The summed E-state index contributed by atoms with van der Waals surface area (Å²) < 4.78 is 4.83. The van der Waals surface area contributed by atoms with Crippen molar-refractivity contribution < 1.29 is 14.5 Å². The zero-order chi connectivity index (χ0) is 11.4. The number of hydrogen-bond donors (Lipinski definition) is 0. The zero-order valence-electron chi connectivity index (χ0n) is 8.39. The van der Waals surface area contributed by atoms with Crippen LogP contribution in [0.5, 0.6) is 5.88 Å². The van der Waals surface area contributed by atoms with Gasteiger partial charge in [0.2, 0.25) is 5.88 Å². The quantitative estimate of drug-likeness (QED) is 0.549. The molecule has 1 heterocycles. The largest absolute Gasteiger partial charge is 0.481 e. The first-order chi connectivity index (χ1) is 7.04. The Balaban J connectivity index is 3.16. The molecule has 0 saturated carbocycles. The smallest absolute Gasteiger partial charge is 0.291 e. The van der Waals surface area contributed by atoms with E-state index in [1.165, 1.54) is 26.2 Å². The number of methoxy groups -OCH3 is 1. The van der Waals surface area contributed by atoms with Crippen molar-refractivity contribution in [3.05, 3.63) is 27.9 Å². The molecule has 1 rings (SSSR count). The van der Waals surface area contributed by atoms with Crippen LogP contribution in [0.3, 0.4) is 0 Å². The Labute approximate surface area is 86.0 Å². The number of ketones is 1. The standard InChI is InChI=1S/C9H10N2O4/c1-6(12)5-7-8(11(13)14)3-4-9(10-7)15-2/h3-4H,5H2,1-2H3. The Kier molecular flexibility index (Phi) is 3.33. The highest BCUT2D eigenvalue weighted by atomic mass is 16.6. The Morgan fingerprint density at radius 1 is 1.60 bits per heavy atom. The molecule has 6 heteroatoms. The minimum absolute atomic E-state index is 0.0620. The number of carbonyl (C=O) groups is 1. The van der Waals surface area contributed by atoms with E-state index in [9.17, 15) is 14.9 Å². The van der Waals surface area contributed by atoms with E-state index in [1.807, 2.05) is 0 Å². The van der Waals surface area contributed by atoms with Gasteiger partial charge in [0, 0.05) is 12.1 Å². The highest BCUT2D eigenvalue weighted by molar-refractivity contribution is 5.78. The summed E-state index contributed by atoms with van der Waals surface area (Å²) >= 11 is 0. The van der Waals surface area contributed by atoms with Crippen LogP contribution in [-0.4, -0.2) is 22.8 Å². The van der Waals surface area contributed by atoms with Crippen molar-refractivity contribution in [2.24, 2.45) is 0 Å². The predicted octanol–water partition coefficient (Wildman–Crippen LogP) is 1.13. The molecule has 0 saturated heterocycles. The number of Topliss-reactive ketones (excluding diaryl/α,β-unsaturated/α-hetero) is 1. The van der Waals surface area contributed by atoms with Gasteiger partial charge >= 0.3 is 0 Å². The van der Waals surface area contributed by atoms with Crippen LogP contribution in [0.15, 0.2) is 12.1 Å². The average molecular weight is 210 g/mol. The van der Waals surface area contributed by atoms with Crippen LogP contribution < -0.4 is 4.74 Å². The van der Waals surface area contributed by atoms with Gasteiger partial charge in [-0.25, -0.2) is 4.98 Å². The van der Waals surface area contributed by atoms with E-state index in [0.29, 0.717) is 0 Å². The van der Waals surface area contributed by atoms with Crippen molar-refractivity contribution in [2.45, 2.75) is 13.3 Å². The molecule has 6 nitrogen and oxygen atoms in total. The van der Waals surface area contributed by atoms with Gasteiger partial charge in [-0.05, 0) is 6.92 Å². The maximum absolute atomic E-state index is 10.9. The first kappa shape index (κ1) is 11.1. The molecule has 0 atom stereocenters. The topological polar surface area (TPSA) is 82.3 Å². The molecule has 0 unspecified atom stereocenters. The van der Waals surface area contributed by atoms with Crippen molar-refractivity contribution in [1.29, 1.82) is 0 Å². The molecule has 1 aromatic rings. The van der Waals surface area contributed by atoms with Gasteiger partial charge in [0.1, 0.15) is 11.5 Å². The summed E-state index contributed by atoms with van der Waals surface area (Å²) in [7, 11) is 1.41. The first-order valence-electron chi connectivity index (χ1n) is 4.22. The van der Waals surface area contributed by atoms with Crippen LogP contribution in [0.2, 0.25) is 0 Å². The van der Waals surface area contributed by atoms with E-state index < -0.39 is 4.92 Å². The van der Waals surface area contributed by atoms with Gasteiger partial charge in [-0.2, -0.15) is 0 Å². The second-order valence-electron chi connectivity index (χ2n) is 2.96. The second kappa shape index (κ2) is 4.50. The fourth-order valence-electron chi connectivity index (χ4n) is 1.12. The molecule has 15 heavy (non-hydrogen) atoms. The van der Waals surface area contributed by atoms with Crippen LogP contribution >= 0.6 is 0 Å². The number of hydrogen-bond acceptors (Lipinski definition) is 5. The summed E-state index contributed by atoms with van der Waals surface area (Å²) in [6.07, 6.45) is -0.0620. The lowest BCUT2D eigenvalue weighted by atomic mass is 10.2. The van der Waals surface area contributed by atoms with Crippen molar-refractivity contribution in [3.63, 3.8) is 0 Å². The van der Waals surface area contributed by atoms with Crippen molar-refractivity contribution in [2.75, 3.05) is 7.11 Å². The van der Waals surface area contributed by atoms with E-state index >= 15 is 0 Å². The minimum atomic E-state index is -0.565. The molecule has 0 aromatic carbocycles. The highest BCUT2D eigenvalue weighted by Crippen LogP contribution is 2.20. The second-order valence-corrected chi connectivity index (χ2v) is 2.96. The van der Waals surface area contributed by atoms with Crippen LogP contribution in [-0.2, 0) is 11.2 Å². The molecule has 0 aliphatic carbocycles. The van der Waals surface area contributed by atoms with Crippen molar-refractivity contribution in [1.82, 2.24) is 4.98 Å². The van der Waals surface area contributed by atoms with Crippen LogP contribution in [0.25, 0.3) is 0 Å². The van der Waals surface area contributed by atoms with Crippen LogP contribution in [0.4, 0.5) is 5.69 Å². The molecule has 1 aromatic heterocycles. The maximum Gasteiger partial charge on any atom is 0.291 e. The van der Waals surface area contributed by atoms with Gasteiger partial charge in [-0.3, -0.25) is 14.9 Å². The third-order valence-corrected chi connectivity index (χ3v) is 1.75. The Bertz CT molecular complexity index is 403. The lowest BCUT2D eigenvalue weighted by Gasteiger charge is -2.02. The fraction of sp³-hybridized carbons (Fsp3) is 0.333. The molecule has 80 valence electrons. The molecule has 0 fully saturated rings. The van der Waals surface area contributed by atoms with E-state index in [0.717, 1.165) is 0 Å². The number of carbonyl (C=O) groups excluding carboxylic acids is 1. The van der Waals surface area contributed by atoms with Crippen molar-refractivity contribution in [3.8, 4) is 5.88 Å². The fourth-order valence-corrected chi connectivity index (χ4v) is 1.12. The number of rotatable bonds is 4. The number of ether oxygens (including phenoxy) is 1. The summed E-state index contributed by atoms with van der Waals surface area (Å²) in [6.45, 7) is 1.35. The van der Waals surface area contributed by atoms with Gasteiger partial charge in [0.25, 0.3) is 5.69 Å². The number of pyridine rings is 1. The number of aromatic nitrogens is 1. The third kappa shape index (κ3) is 2.73. The van der Waals surface area contributed by atoms with Gasteiger partial charge in [-0.1, -0.05) is 0 Å². The van der Waals surface area contributed by atoms with E-state index in [2.05, 4.69) is 4.98 Å². The molecule has 0 amide bonds. The van der Waals surface area contributed by atoms with Crippen LogP contribution in [0.1, 0.15) is 12.6 Å². The Morgan fingerprint density at radius 2 is 2.27 bits per heavy atom. The van der Waals surface area contributed by atoms with Gasteiger partial charge in [0.05, 0.1) is 18.5 Å². The van der Waals surface area contributed by atoms with Crippen LogP contribution in [0, 0.1) is 10.1 Å². The highest BCUT2D eigenvalue weighted by Gasteiger charge is 2.17. The molecule has 0 aliphatic heterocycles. The minimum Gasteiger partial charge on any atom is -0.481 e. The monoisotopic (exact) mass is 210 g/mol. The summed E-state index contributed by atoms with van der Waals surface area (Å²) in [5, 5.41) is 10.6. The van der Waals surface area contributed by atoms with Gasteiger partial charge in [-0.15, -0.1) is 0 Å².